The second-order valence-electron chi connectivity index (χ2n) is 9.59. The first-order valence-electron chi connectivity index (χ1n) is 10.5. The fourth-order valence-electron chi connectivity index (χ4n) is 5.74. The van der Waals surface area contributed by atoms with Crippen molar-refractivity contribution in [3.8, 4) is 5.75 Å². The van der Waals surface area contributed by atoms with Crippen LogP contribution in [0.3, 0.4) is 0 Å². The zero-order chi connectivity index (χ0) is 19.2. The number of benzene rings is 1. The average molecular weight is 372 g/mol. The highest BCUT2D eigenvalue weighted by molar-refractivity contribution is 5.72. The van der Waals surface area contributed by atoms with Gasteiger partial charge in [0.15, 0.2) is 0 Å². The summed E-state index contributed by atoms with van der Waals surface area (Å²) in [6, 6.07) is 8.44. The second kappa shape index (κ2) is 7.12. The van der Waals surface area contributed by atoms with E-state index in [0.29, 0.717) is 12.0 Å². The van der Waals surface area contributed by atoms with E-state index in [1.54, 1.807) is 0 Å². The van der Waals surface area contributed by atoms with Gasteiger partial charge in [-0.25, -0.2) is 0 Å². The fraction of sp³-hybridized carbons (Fsp3) is 0.696. The maximum Gasteiger partial charge on any atom is 0.309 e. The SMILES string of the molecule is CC1C(C(=O)O)CN1Cc1ccc(OCCC2CCC3CC2C3(C)C)cc1. The first-order valence-corrected chi connectivity index (χ1v) is 10.5. The van der Waals surface area contributed by atoms with E-state index in [1.807, 2.05) is 6.92 Å². The van der Waals surface area contributed by atoms with E-state index < -0.39 is 5.97 Å². The van der Waals surface area contributed by atoms with Gasteiger partial charge in [-0.05, 0) is 73.5 Å². The van der Waals surface area contributed by atoms with Crippen LogP contribution in [-0.4, -0.2) is 35.2 Å². The van der Waals surface area contributed by atoms with Crippen molar-refractivity contribution in [1.29, 1.82) is 0 Å². The maximum atomic E-state index is 11.1. The largest absolute Gasteiger partial charge is 0.494 e. The molecule has 0 aromatic heterocycles. The molecule has 1 heterocycles. The Hall–Kier alpha value is -1.55. The van der Waals surface area contributed by atoms with Crippen LogP contribution in [0.2, 0.25) is 0 Å². The predicted molar refractivity (Wildman–Crippen MR) is 106 cm³/mol. The molecule has 4 nitrogen and oxygen atoms in total. The number of aliphatic carboxylic acids is 1. The van der Waals surface area contributed by atoms with Crippen LogP contribution in [0.15, 0.2) is 24.3 Å². The summed E-state index contributed by atoms with van der Waals surface area (Å²) in [7, 11) is 0. The van der Waals surface area contributed by atoms with Gasteiger partial charge in [0.25, 0.3) is 0 Å². The highest BCUT2D eigenvalue weighted by atomic mass is 16.5. The Bertz CT molecular complexity index is 681. The number of carboxylic acid groups (broad SMARTS) is 1. The Morgan fingerprint density at radius 1 is 1.26 bits per heavy atom. The topological polar surface area (TPSA) is 49.8 Å². The Labute approximate surface area is 162 Å². The molecule has 1 aliphatic heterocycles. The normalized spacial score (nSPS) is 34.4. The van der Waals surface area contributed by atoms with E-state index in [9.17, 15) is 4.79 Å². The minimum absolute atomic E-state index is 0.115. The molecule has 27 heavy (non-hydrogen) atoms. The molecule has 1 aromatic carbocycles. The van der Waals surface area contributed by atoms with E-state index >= 15 is 0 Å². The van der Waals surface area contributed by atoms with E-state index in [1.165, 1.54) is 31.2 Å². The maximum absolute atomic E-state index is 11.1. The van der Waals surface area contributed by atoms with Gasteiger partial charge in [-0.15, -0.1) is 0 Å². The highest BCUT2D eigenvalue weighted by Crippen LogP contribution is 2.61. The van der Waals surface area contributed by atoms with Crippen LogP contribution in [0.4, 0.5) is 0 Å². The highest BCUT2D eigenvalue weighted by Gasteiger charge is 2.53. The van der Waals surface area contributed by atoms with Gasteiger partial charge in [0.2, 0.25) is 0 Å². The van der Waals surface area contributed by atoms with Crippen molar-refractivity contribution in [2.24, 2.45) is 29.1 Å². The minimum atomic E-state index is -0.679. The van der Waals surface area contributed by atoms with Crippen molar-refractivity contribution in [2.45, 2.75) is 59.0 Å². The number of ether oxygens (including phenoxy) is 1. The number of fused-ring (bicyclic) bond motifs is 2. The number of carboxylic acids is 1. The number of hydrogen-bond acceptors (Lipinski definition) is 3. The molecule has 3 saturated carbocycles. The molecule has 4 aliphatic rings. The van der Waals surface area contributed by atoms with Crippen molar-refractivity contribution in [3.05, 3.63) is 29.8 Å². The number of likely N-dealkylation sites (tertiary alicyclic amines) is 1. The first-order chi connectivity index (χ1) is 12.9. The molecule has 148 valence electrons. The summed E-state index contributed by atoms with van der Waals surface area (Å²) in [5.74, 6) is 2.74. The van der Waals surface area contributed by atoms with Crippen LogP contribution in [0.25, 0.3) is 0 Å². The Balaban J connectivity index is 1.21. The Morgan fingerprint density at radius 2 is 2.00 bits per heavy atom. The third-order valence-electron chi connectivity index (χ3n) is 7.97. The molecule has 5 unspecified atom stereocenters. The monoisotopic (exact) mass is 371 g/mol. The molecule has 1 saturated heterocycles. The Kier molecular flexibility index (Phi) is 4.96. The van der Waals surface area contributed by atoms with Crippen molar-refractivity contribution >= 4 is 5.97 Å². The van der Waals surface area contributed by atoms with Crippen molar-refractivity contribution < 1.29 is 14.6 Å². The number of carbonyl (C=O) groups is 1. The molecule has 5 atom stereocenters. The standard InChI is InChI=1S/C23H33NO3/c1-15-20(22(25)26)14-24(15)13-16-4-8-19(9-5-16)27-11-10-17-6-7-18-12-21(17)23(18,2)3/h4-5,8-9,15,17-18,20-21H,6-7,10-14H2,1-3H3,(H,25,26). The third-order valence-corrected chi connectivity index (χ3v) is 7.97. The van der Waals surface area contributed by atoms with Crippen molar-refractivity contribution in [1.82, 2.24) is 4.90 Å². The fourth-order valence-corrected chi connectivity index (χ4v) is 5.74. The van der Waals surface area contributed by atoms with Gasteiger partial charge in [-0.3, -0.25) is 9.69 Å². The zero-order valence-corrected chi connectivity index (χ0v) is 16.9. The van der Waals surface area contributed by atoms with E-state index in [-0.39, 0.29) is 12.0 Å². The molecule has 0 radical (unpaired) electrons. The number of nitrogens with zero attached hydrogens (tertiary/aromatic N) is 1. The lowest BCUT2D eigenvalue weighted by Crippen LogP contribution is -2.56. The van der Waals surface area contributed by atoms with Gasteiger partial charge in [0.05, 0.1) is 12.5 Å². The smallest absolute Gasteiger partial charge is 0.309 e. The molecule has 5 rings (SSSR count). The van der Waals surface area contributed by atoms with Crippen LogP contribution in [-0.2, 0) is 11.3 Å². The molecule has 4 heteroatoms. The van der Waals surface area contributed by atoms with Crippen LogP contribution in [0.1, 0.15) is 52.0 Å². The minimum Gasteiger partial charge on any atom is -0.494 e. The van der Waals surface area contributed by atoms with E-state index in [4.69, 9.17) is 9.84 Å². The molecule has 1 aromatic rings. The molecule has 3 aliphatic carbocycles. The lowest BCUT2D eigenvalue weighted by Gasteiger charge is -2.60. The number of hydrogen-bond donors (Lipinski definition) is 1. The van der Waals surface area contributed by atoms with Gasteiger partial charge in [0.1, 0.15) is 5.75 Å². The second-order valence-corrected chi connectivity index (χ2v) is 9.59. The van der Waals surface area contributed by atoms with Gasteiger partial charge < -0.3 is 9.84 Å². The van der Waals surface area contributed by atoms with Gasteiger partial charge >= 0.3 is 5.97 Å². The predicted octanol–water partition coefficient (Wildman–Crippen LogP) is 4.43. The Morgan fingerprint density at radius 3 is 2.59 bits per heavy atom. The van der Waals surface area contributed by atoms with Crippen LogP contribution in [0, 0.1) is 29.1 Å². The lowest BCUT2D eigenvalue weighted by atomic mass is 9.45. The summed E-state index contributed by atoms with van der Waals surface area (Å²) in [5, 5.41) is 9.10. The number of rotatable bonds is 7. The van der Waals surface area contributed by atoms with Crippen LogP contribution >= 0.6 is 0 Å². The molecule has 0 spiro atoms. The summed E-state index contributed by atoms with van der Waals surface area (Å²) in [4.78, 5) is 13.3. The molecule has 1 N–H and O–H groups in total. The van der Waals surface area contributed by atoms with E-state index in [0.717, 1.165) is 36.7 Å². The first kappa shape index (κ1) is 18.8. The molecular formula is C23H33NO3. The van der Waals surface area contributed by atoms with Gasteiger partial charge in [-0.1, -0.05) is 26.0 Å². The van der Waals surface area contributed by atoms with Gasteiger partial charge in [-0.2, -0.15) is 0 Å². The summed E-state index contributed by atoms with van der Waals surface area (Å²) in [6.07, 6.45) is 5.39. The molecular weight excluding hydrogens is 338 g/mol. The quantitative estimate of drug-likeness (QED) is 0.770. The van der Waals surface area contributed by atoms with Crippen LogP contribution in [0.5, 0.6) is 5.75 Å². The third kappa shape index (κ3) is 3.49. The summed E-state index contributed by atoms with van der Waals surface area (Å²) in [5.41, 5.74) is 1.77. The molecule has 4 fully saturated rings. The summed E-state index contributed by atoms with van der Waals surface area (Å²) < 4.78 is 6.02. The summed E-state index contributed by atoms with van der Waals surface area (Å²) in [6.45, 7) is 9.17. The van der Waals surface area contributed by atoms with Crippen molar-refractivity contribution in [3.63, 3.8) is 0 Å². The molecule has 0 amide bonds. The van der Waals surface area contributed by atoms with Crippen LogP contribution < -0.4 is 4.74 Å². The molecule has 2 bridgehead atoms. The van der Waals surface area contributed by atoms with Gasteiger partial charge in [0, 0.05) is 19.1 Å². The lowest BCUT2D eigenvalue weighted by molar-refractivity contribution is -0.152. The zero-order valence-electron chi connectivity index (χ0n) is 16.9. The average Bonchev–Trinajstić information content (AvgIpc) is 2.65. The summed E-state index contributed by atoms with van der Waals surface area (Å²) >= 11 is 0. The van der Waals surface area contributed by atoms with E-state index in [2.05, 4.69) is 43.0 Å². The van der Waals surface area contributed by atoms with Crippen molar-refractivity contribution in [2.75, 3.05) is 13.2 Å².